The molecule has 0 atom stereocenters. The first-order chi connectivity index (χ1) is 9.58. The molecule has 0 fully saturated rings. The van der Waals surface area contributed by atoms with Gasteiger partial charge >= 0.3 is 0 Å². The molecule has 106 valence electrons. The van der Waals surface area contributed by atoms with Crippen LogP contribution in [0.25, 0.3) is 0 Å². The lowest BCUT2D eigenvalue weighted by molar-refractivity contribution is 0.313. The lowest BCUT2D eigenvalue weighted by Gasteiger charge is -2.17. The second-order valence-corrected chi connectivity index (χ2v) is 5.85. The highest BCUT2D eigenvalue weighted by Gasteiger charge is 2.07. The third kappa shape index (κ3) is 4.13. The molecule has 0 heterocycles. The van der Waals surface area contributed by atoms with Gasteiger partial charge in [-0.3, -0.25) is 4.90 Å². The van der Waals surface area contributed by atoms with Crippen LogP contribution in [0.3, 0.4) is 0 Å². The molecule has 0 aliphatic carbocycles. The minimum atomic E-state index is -0.186. The van der Waals surface area contributed by atoms with Crippen LogP contribution in [0.15, 0.2) is 46.9 Å². The molecule has 0 bridgehead atoms. The molecule has 0 aliphatic rings. The van der Waals surface area contributed by atoms with Crippen LogP contribution < -0.4 is 5.73 Å². The van der Waals surface area contributed by atoms with Crippen LogP contribution in [0.4, 0.5) is 4.39 Å². The second-order valence-electron chi connectivity index (χ2n) is 4.93. The zero-order chi connectivity index (χ0) is 14.5. The lowest BCUT2D eigenvalue weighted by atomic mass is 10.1. The summed E-state index contributed by atoms with van der Waals surface area (Å²) in [5, 5.41) is 0. The molecule has 0 unspecified atom stereocenters. The van der Waals surface area contributed by atoms with Gasteiger partial charge < -0.3 is 5.73 Å². The molecule has 0 amide bonds. The number of benzene rings is 2. The smallest absolute Gasteiger partial charge is 0.128 e. The zero-order valence-corrected chi connectivity index (χ0v) is 13.0. The predicted molar refractivity (Wildman–Crippen MR) is 83.6 cm³/mol. The van der Waals surface area contributed by atoms with E-state index in [1.807, 2.05) is 31.3 Å². The molecule has 2 nitrogen and oxygen atoms in total. The third-order valence-electron chi connectivity index (χ3n) is 3.13. The Kier molecular flexibility index (Phi) is 5.29. The molecule has 0 saturated heterocycles. The third-order valence-corrected chi connectivity index (χ3v) is 3.63. The fourth-order valence-electron chi connectivity index (χ4n) is 2.14. The standard InChI is InChI=1S/C16H18BrFN2/c1-20(10-13-3-2-4-15(17)7-13)11-14-6-5-12(9-19)8-16(14)18/h2-8H,9-11,19H2,1H3. The van der Waals surface area contributed by atoms with E-state index in [1.54, 1.807) is 0 Å². The molecule has 4 heteroatoms. The summed E-state index contributed by atoms with van der Waals surface area (Å²) < 4.78 is 15.0. The first kappa shape index (κ1) is 15.2. The Balaban J connectivity index is 2.02. The van der Waals surface area contributed by atoms with Crippen LogP contribution in [-0.4, -0.2) is 11.9 Å². The van der Waals surface area contributed by atoms with E-state index in [4.69, 9.17) is 5.73 Å². The van der Waals surface area contributed by atoms with Gasteiger partial charge in [0.25, 0.3) is 0 Å². The first-order valence-corrected chi connectivity index (χ1v) is 7.28. The van der Waals surface area contributed by atoms with Crippen molar-refractivity contribution in [3.8, 4) is 0 Å². The van der Waals surface area contributed by atoms with Crippen LogP contribution >= 0.6 is 15.9 Å². The number of rotatable bonds is 5. The summed E-state index contributed by atoms with van der Waals surface area (Å²) in [6, 6.07) is 13.3. The molecule has 0 aromatic heterocycles. The van der Waals surface area contributed by atoms with Gasteiger partial charge in [-0.05, 0) is 36.4 Å². The average Bonchev–Trinajstić information content (AvgIpc) is 2.41. The molecule has 20 heavy (non-hydrogen) atoms. The molecule has 2 aromatic rings. The maximum absolute atomic E-state index is 13.9. The summed E-state index contributed by atoms with van der Waals surface area (Å²) in [5.41, 5.74) is 8.21. The lowest BCUT2D eigenvalue weighted by Crippen LogP contribution is -2.18. The maximum Gasteiger partial charge on any atom is 0.128 e. The highest BCUT2D eigenvalue weighted by molar-refractivity contribution is 9.10. The van der Waals surface area contributed by atoms with Gasteiger partial charge in [-0.25, -0.2) is 4.39 Å². The summed E-state index contributed by atoms with van der Waals surface area (Å²) in [7, 11) is 1.98. The van der Waals surface area contributed by atoms with E-state index in [1.165, 1.54) is 11.6 Å². The number of nitrogens with two attached hydrogens (primary N) is 1. The Morgan fingerprint density at radius 3 is 2.55 bits per heavy atom. The molecule has 2 rings (SSSR count). The summed E-state index contributed by atoms with van der Waals surface area (Å²) in [6.45, 7) is 1.71. The van der Waals surface area contributed by atoms with Gasteiger partial charge in [0, 0.05) is 29.7 Å². The van der Waals surface area contributed by atoms with Crippen molar-refractivity contribution < 1.29 is 4.39 Å². The van der Waals surface area contributed by atoms with Crippen LogP contribution in [-0.2, 0) is 19.6 Å². The predicted octanol–water partition coefficient (Wildman–Crippen LogP) is 3.68. The van der Waals surface area contributed by atoms with E-state index in [-0.39, 0.29) is 5.82 Å². The Hall–Kier alpha value is -1.23. The molecule has 2 N–H and O–H groups in total. The van der Waals surface area contributed by atoms with E-state index < -0.39 is 0 Å². The van der Waals surface area contributed by atoms with Crippen LogP contribution in [0, 0.1) is 5.82 Å². The van der Waals surface area contributed by atoms with Crippen LogP contribution in [0.1, 0.15) is 16.7 Å². The topological polar surface area (TPSA) is 29.3 Å². The van der Waals surface area contributed by atoms with E-state index in [9.17, 15) is 4.39 Å². The van der Waals surface area contributed by atoms with Gasteiger partial charge in [-0.1, -0.05) is 40.2 Å². The largest absolute Gasteiger partial charge is 0.326 e. The fourth-order valence-corrected chi connectivity index (χ4v) is 2.59. The maximum atomic E-state index is 13.9. The monoisotopic (exact) mass is 336 g/mol. The average molecular weight is 337 g/mol. The Bertz CT molecular complexity index is 586. The highest BCUT2D eigenvalue weighted by atomic mass is 79.9. The van der Waals surface area contributed by atoms with Gasteiger partial charge in [-0.15, -0.1) is 0 Å². The molecule has 0 spiro atoms. The van der Waals surface area contributed by atoms with E-state index in [0.29, 0.717) is 18.7 Å². The fraction of sp³-hybridized carbons (Fsp3) is 0.250. The minimum absolute atomic E-state index is 0.186. The van der Waals surface area contributed by atoms with Gasteiger partial charge in [-0.2, -0.15) is 0 Å². The van der Waals surface area contributed by atoms with Crippen molar-refractivity contribution in [3.63, 3.8) is 0 Å². The normalized spacial score (nSPS) is 11.1. The van der Waals surface area contributed by atoms with Gasteiger partial charge in [0.2, 0.25) is 0 Å². The van der Waals surface area contributed by atoms with Gasteiger partial charge in [0.15, 0.2) is 0 Å². The SMILES string of the molecule is CN(Cc1cccc(Br)c1)Cc1ccc(CN)cc1F. The first-order valence-electron chi connectivity index (χ1n) is 6.49. The summed E-state index contributed by atoms with van der Waals surface area (Å²) in [4.78, 5) is 2.09. The number of nitrogens with zero attached hydrogens (tertiary/aromatic N) is 1. The quantitative estimate of drug-likeness (QED) is 0.902. The summed E-state index contributed by atoms with van der Waals surface area (Å²) in [5.74, 6) is -0.186. The van der Waals surface area contributed by atoms with Crippen molar-refractivity contribution in [1.82, 2.24) is 4.90 Å². The summed E-state index contributed by atoms with van der Waals surface area (Å²) >= 11 is 3.46. The Morgan fingerprint density at radius 2 is 1.90 bits per heavy atom. The van der Waals surface area contributed by atoms with Crippen molar-refractivity contribution in [1.29, 1.82) is 0 Å². The van der Waals surface area contributed by atoms with Crippen molar-refractivity contribution >= 4 is 15.9 Å². The number of halogens is 2. The Labute approximate surface area is 127 Å². The van der Waals surface area contributed by atoms with Gasteiger partial charge in [0.05, 0.1) is 0 Å². The second kappa shape index (κ2) is 6.97. The van der Waals surface area contributed by atoms with Gasteiger partial charge in [0.1, 0.15) is 5.82 Å². The van der Waals surface area contributed by atoms with Crippen molar-refractivity contribution in [2.75, 3.05) is 7.05 Å². The molecule has 2 aromatic carbocycles. The highest BCUT2D eigenvalue weighted by Crippen LogP contribution is 2.16. The van der Waals surface area contributed by atoms with Crippen molar-refractivity contribution in [2.45, 2.75) is 19.6 Å². The van der Waals surface area contributed by atoms with E-state index >= 15 is 0 Å². The van der Waals surface area contributed by atoms with Crippen molar-refractivity contribution in [3.05, 3.63) is 69.4 Å². The minimum Gasteiger partial charge on any atom is -0.326 e. The molecular formula is C16H18BrFN2. The molecule has 0 saturated carbocycles. The molecule has 0 aliphatic heterocycles. The van der Waals surface area contributed by atoms with Crippen molar-refractivity contribution in [2.24, 2.45) is 5.73 Å². The van der Waals surface area contributed by atoms with Crippen LogP contribution in [0.5, 0.6) is 0 Å². The Morgan fingerprint density at radius 1 is 1.10 bits per heavy atom. The summed E-state index contributed by atoms with van der Waals surface area (Å²) in [6.07, 6.45) is 0. The van der Waals surface area contributed by atoms with Crippen LogP contribution in [0.2, 0.25) is 0 Å². The number of hydrogen-bond acceptors (Lipinski definition) is 2. The molecule has 0 radical (unpaired) electrons. The van der Waals surface area contributed by atoms with E-state index in [0.717, 1.165) is 16.6 Å². The number of hydrogen-bond donors (Lipinski definition) is 1. The molecular weight excluding hydrogens is 319 g/mol. The zero-order valence-electron chi connectivity index (χ0n) is 11.4. The van der Waals surface area contributed by atoms with E-state index in [2.05, 4.69) is 33.0 Å².